The van der Waals surface area contributed by atoms with E-state index in [1.807, 2.05) is 6.26 Å². The number of esters is 1. The molecule has 0 aliphatic heterocycles. The molecule has 0 aliphatic rings. The van der Waals surface area contributed by atoms with Gasteiger partial charge in [-0.15, -0.1) is 0 Å². The number of methoxy groups -OCH3 is 1. The maximum Gasteiger partial charge on any atom is 0.407 e. The number of unbranched alkanes of at least 4 members (excludes halogenated alkanes) is 7. The molecule has 0 aromatic rings. The van der Waals surface area contributed by atoms with Gasteiger partial charge in [-0.1, -0.05) is 51.9 Å². The first kappa shape index (κ1) is 22.1. The zero-order chi connectivity index (χ0) is 17.3. The van der Waals surface area contributed by atoms with Crippen LogP contribution in [-0.2, 0) is 14.3 Å². The Labute approximate surface area is 145 Å². The van der Waals surface area contributed by atoms with Crippen molar-refractivity contribution < 1.29 is 19.1 Å². The Hall–Kier alpha value is -0.910. The molecule has 0 aromatic heterocycles. The first-order valence-electron chi connectivity index (χ1n) is 8.65. The average Bonchev–Trinajstić information content (AvgIpc) is 2.56. The summed E-state index contributed by atoms with van der Waals surface area (Å²) in [7, 11) is 1.28. The Morgan fingerprint density at radius 1 is 1.04 bits per heavy atom. The van der Waals surface area contributed by atoms with E-state index >= 15 is 0 Å². The molecule has 0 heterocycles. The Balaban J connectivity index is 3.78. The first-order chi connectivity index (χ1) is 11.2. The van der Waals surface area contributed by atoms with Gasteiger partial charge in [-0.3, -0.25) is 0 Å². The number of carbonyl (C=O) groups is 2. The monoisotopic (exact) mass is 347 g/mol. The van der Waals surface area contributed by atoms with Gasteiger partial charge in [0.1, 0.15) is 6.04 Å². The molecular formula is C17H33NO4S. The molecule has 1 N–H and O–H groups in total. The molecule has 23 heavy (non-hydrogen) atoms. The average molecular weight is 348 g/mol. The molecule has 0 radical (unpaired) electrons. The van der Waals surface area contributed by atoms with E-state index in [1.54, 1.807) is 11.8 Å². The Bertz CT molecular complexity index is 313. The van der Waals surface area contributed by atoms with Crippen molar-refractivity contribution in [2.24, 2.45) is 0 Å². The fourth-order valence-electron chi connectivity index (χ4n) is 2.20. The molecule has 0 aliphatic carbocycles. The van der Waals surface area contributed by atoms with Crippen LogP contribution in [0.3, 0.4) is 0 Å². The second-order valence-electron chi connectivity index (χ2n) is 5.61. The van der Waals surface area contributed by atoms with Crippen molar-refractivity contribution in [3.8, 4) is 0 Å². The zero-order valence-electron chi connectivity index (χ0n) is 14.9. The van der Waals surface area contributed by atoms with E-state index in [1.165, 1.54) is 45.6 Å². The predicted molar refractivity (Wildman–Crippen MR) is 95.9 cm³/mol. The highest BCUT2D eigenvalue weighted by Crippen LogP contribution is 2.09. The molecule has 1 atom stereocenters. The number of rotatable bonds is 14. The maximum absolute atomic E-state index is 12.0. The SMILES string of the molecule is CCCCCCCCCCOC(=O)[C@H](CCSC)NC(=O)OC. The summed E-state index contributed by atoms with van der Waals surface area (Å²) in [5.41, 5.74) is 0. The summed E-state index contributed by atoms with van der Waals surface area (Å²) in [5, 5.41) is 2.53. The molecule has 5 nitrogen and oxygen atoms in total. The van der Waals surface area contributed by atoms with Crippen molar-refractivity contribution in [1.82, 2.24) is 5.32 Å². The van der Waals surface area contributed by atoms with Gasteiger partial charge in [-0.2, -0.15) is 11.8 Å². The zero-order valence-corrected chi connectivity index (χ0v) is 15.7. The maximum atomic E-state index is 12.0. The van der Waals surface area contributed by atoms with Gasteiger partial charge in [-0.05, 0) is 24.9 Å². The van der Waals surface area contributed by atoms with Crippen molar-refractivity contribution in [2.75, 3.05) is 25.7 Å². The summed E-state index contributed by atoms with van der Waals surface area (Å²) in [6, 6.07) is -0.621. The molecule has 0 rings (SSSR count). The Morgan fingerprint density at radius 2 is 1.65 bits per heavy atom. The largest absolute Gasteiger partial charge is 0.464 e. The third kappa shape index (κ3) is 13.2. The Morgan fingerprint density at radius 3 is 2.22 bits per heavy atom. The van der Waals surface area contributed by atoms with Crippen LogP contribution in [0, 0.1) is 0 Å². The van der Waals surface area contributed by atoms with Crippen molar-refractivity contribution in [1.29, 1.82) is 0 Å². The summed E-state index contributed by atoms with van der Waals surface area (Å²) in [6.45, 7) is 2.64. The van der Waals surface area contributed by atoms with Crippen LogP contribution in [0.25, 0.3) is 0 Å². The number of hydrogen-bond acceptors (Lipinski definition) is 5. The van der Waals surface area contributed by atoms with Crippen molar-refractivity contribution in [2.45, 2.75) is 70.8 Å². The normalized spacial score (nSPS) is 11.8. The number of thioether (sulfide) groups is 1. The fourth-order valence-corrected chi connectivity index (χ4v) is 2.67. The standard InChI is InChI=1S/C17H33NO4S/c1-4-5-6-7-8-9-10-11-13-22-16(19)15(12-14-23-3)18-17(20)21-2/h15H,4-14H2,1-3H3,(H,18,20)/t15-/m0/s1. The fraction of sp³-hybridized carbons (Fsp3) is 0.882. The molecule has 0 aromatic carbocycles. The van der Waals surface area contributed by atoms with E-state index in [0.29, 0.717) is 13.0 Å². The van der Waals surface area contributed by atoms with Gasteiger partial charge in [0.2, 0.25) is 0 Å². The lowest BCUT2D eigenvalue weighted by Gasteiger charge is -2.16. The molecule has 0 saturated heterocycles. The smallest absolute Gasteiger partial charge is 0.407 e. The molecule has 0 unspecified atom stereocenters. The topological polar surface area (TPSA) is 64.6 Å². The molecule has 0 bridgehead atoms. The van der Waals surface area contributed by atoms with Crippen molar-refractivity contribution >= 4 is 23.8 Å². The Kier molecular flexibility index (Phi) is 15.3. The van der Waals surface area contributed by atoms with E-state index < -0.39 is 12.1 Å². The quantitative estimate of drug-likeness (QED) is 0.378. The lowest BCUT2D eigenvalue weighted by molar-refractivity contribution is -0.146. The summed E-state index contributed by atoms with van der Waals surface area (Å²) >= 11 is 1.63. The van der Waals surface area contributed by atoms with Crippen LogP contribution in [0.1, 0.15) is 64.7 Å². The second-order valence-corrected chi connectivity index (χ2v) is 6.60. The lowest BCUT2D eigenvalue weighted by Crippen LogP contribution is -2.42. The number of hydrogen-bond donors (Lipinski definition) is 1. The van der Waals surface area contributed by atoms with Crippen LogP contribution in [0.5, 0.6) is 0 Å². The number of alkyl carbamates (subject to hydrolysis) is 1. The number of carbonyl (C=O) groups excluding carboxylic acids is 2. The summed E-state index contributed by atoms with van der Waals surface area (Å²) in [4.78, 5) is 23.3. The van der Waals surface area contributed by atoms with Crippen molar-refractivity contribution in [3.63, 3.8) is 0 Å². The number of amides is 1. The van der Waals surface area contributed by atoms with Gasteiger partial charge in [0.05, 0.1) is 13.7 Å². The third-order valence-electron chi connectivity index (χ3n) is 3.61. The minimum atomic E-state index is -0.621. The summed E-state index contributed by atoms with van der Waals surface area (Å²) < 4.78 is 9.82. The van der Waals surface area contributed by atoms with Gasteiger partial charge < -0.3 is 14.8 Å². The molecule has 0 spiro atoms. The van der Waals surface area contributed by atoms with Gasteiger partial charge in [0.25, 0.3) is 0 Å². The van der Waals surface area contributed by atoms with Gasteiger partial charge in [-0.25, -0.2) is 9.59 Å². The summed E-state index contributed by atoms with van der Waals surface area (Å²) in [5.74, 6) is 0.411. The second kappa shape index (κ2) is 16.0. The van der Waals surface area contributed by atoms with E-state index in [-0.39, 0.29) is 5.97 Å². The van der Waals surface area contributed by atoms with E-state index in [4.69, 9.17) is 4.74 Å². The molecule has 1 amide bonds. The van der Waals surface area contributed by atoms with Crippen LogP contribution in [0.4, 0.5) is 4.79 Å². The van der Waals surface area contributed by atoms with E-state index in [2.05, 4.69) is 17.0 Å². The minimum Gasteiger partial charge on any atom is -0.464 e. The molecule has 136 valence electrons. The first-order valence-corrected chi connectivity index (χ1v) is 10.0. The highest BCUT2D eigenvalue weighted by Gasteiger charge is 2.21. The molecular weight excluding hydrogens is 314 g/mol. The minimum absolute atomic E-state index is 0.368. The van der Waals surface area contributed by atoms with Gasteiger partial charge in [0, 0.05) is 0 Å². The van der Waals surface area contributed by atoms with Crippen LogP contribution < -0.4 is 5.32 Å². The van der Waals surface area contributed by atoms with Crippen LogP contribution in [0.2, 0.25) is 0 Å². The van der Waals surface area contributed by atoms with Gasteiger partial charge in [0.15, 0.2) is 0 Å². The van der Waals surface area contributed by atoms with Gasteiger partial charge >= 0.3 is 12.1 Å². The predicted octanol–water partition coefficient (Wildman–Crippen LogP) is 4.15. The molecule has 0 fully saturated rings. The number of nitrogens with one attached hydrogen (secondary N) is 1. The molecule has 0 saturated carbocycles. The highest BCUT2D eigenvalue weighted by atomic mass is 32.2. The lowest BCUT2D eigenvalue weighted by atomic mass is 10.1. The summed E-state index contributed by atoms with van der Waals surface area (Å²) in [6.07, 6.45) is 11.5. The van der Waals surface area contributed by atoms with Crippen molar-refractivity contribution in [3.05, 3.63) is 0 Å². The number of ether oxygens (including phenoxy) is 2. The van der Waals surface area contributed by atoms with Crippen LogP contribution in [-0.4, -0.2) is 43.8 Å². The highest BCUT2D eigenvalue weighted by molar-refractivity contribution is 7.98. The van der Waals surface area contributed by atoms with E-state index in [0.717, 1.165) is 18.6 Å². The molecule has 6 heteroatoms. The third-order valence-corrected chi connectivity index (χ3v) is 4.26. The van der Waals surface area contributed by atoms with Crippen LogP contribution >= 0.6 is 11.8 Å². The van der Waals surface area contributed by atoms with Crippen LogP contribution in [0.15, 0.2) is 0 Å². The van der Waals surface area contributed by atoms with E-state index in [9.17, 15) is 9.59 Å².